The Kier molecular flexibility index (Phi) is 2.50. The van der Waals surface area contributed by atoms with Crippen molar-refractivity contribution in [2.24, 2.45) is 0 Å². The van der Waals surface area contributed by atoms with Crippen molar-refractivity contribution in [2.45, 2.75) is 13.1 Å². The number of aryl methyl sites for hydroxylation is 1. The van der Waals surface area contributed by atoms with Gasteiger partial charge in [-0.05, 0) is 36.2 Å². The molecule has 0 radical (unpaired) electrons. The molecule has 1 aromatic heterocycles. The van der Waals surface area contributed by atoms with Crippen molar-refractivity contribution in [3.63, 3.8) is 0 Å². The van der Waals surface area contributed by atoms with Gasteiger partial charge in [0, 0.05) is 11.6 Å². The van der Waals surface area contributed by atoms with Crippen LogP contribution in [0.4, 0.5) is 13.2 Å². The maximum Gasteiger partial charge on any atom is 0.416 e. The van der Waals surface area contributed by atoms with E-state index in [2.05, 4.69) is 9.97 Å². The lowest BCUT2D eigenvalue weighted by Gasteiger charge is -2.09. The van der Waals surface area contributed by atoms with Crippen LogP contribution in [0.1, 0.15) is 11.1 Å². The average Bonchev–Trinajstić information content (AvgIpc) is 2.17. The van der Waals surface area contributed by atoms with E-state index in [9.17, 15) is 13.2 Å². The Morgan fingerprint density at radius 1 is 1.25 bits per heavy atom. The predicted octanol–water partition coefficient (Wildman–Crippen LogP) is 3.61. The second-order valence-electron chi connectivity index (χ2n) is 3.37. The SMILES string of the molecule is Cc1cc(C(F)(F)F)cc2cnc(Cl)nc12. The van der Waals surface area contributed by atoms with E-state index in [1.807, 2.05) is 0 Å². The largest absolute Gasteiger partial charge is 0.416 e. The van der Waals surface area contributed by atoms with Gasteiger partial charge in [0.05, 0.1) is 11.1 Å². The summed E-state index contributed by atoms with van der Waals surface area (Å²) >= 11 is 5.58. The smallest absolute Gasteiger partial charge is 0.226 e. The first-order valence-electron chi connectivity index (χ1n) is 4.38. The minimum Gasteiger partial charge on any atom is -0.226 e. The van der Waals surface area contributed by atoms with Crippen LogP contribution in [-0.4, -0.2) is 9.97 Å². The number of halogens is 4. The summed E-state index contributed by atoms with van der Waals surface area (Å²) in [6, 6.07) is 2.06. The molecule has 1 heterocycles. The molecule has 0 atom stereocenters. The molecule has 0 N–H and O–H groups in total. The Labute approximate surface area is 94.1 Å². The molecule has 16 heavy (non-hydrogen) atoms. The highest BCUT2D eigenvalue weighted by Crippen LogP contribution is 2.32. The number of fused-ring (bicyclic) bond motifs is 1. The van der Waals surface area contributed by atoms with Gasteiger partial charge >= 0.3 is 6.18 Å². The summed E-state index contributed by atoms with van der Waals surface area (Å²) in [4.78, 5) is 7.54. The van der Waals surface area contributed by atoms with E-state index in [1.165, 1.54) is 6.20 Å². The van der Waals surface area contributed by atoms with Gasteiger partial charge in [-0.2, -0.15) is 13.2 Å². The molecule has 0 spiro atoms. The third-order valence-corrected chi connectivity index (χ3v) is 2.35. The molecule has 2 nitrogen and oxygen atoms in total. The quantitative estimate of drug-likeness (QED) is 0.664. The number of rotatable bonds is 0. The van der Waals surface area contributed by atoms with E-state index in [0.717, 1.165) is 12.1 Å². The van der Waals surface area contributed by atoms with Crippen LogP contribution in [0.25, 0.3) is 10.9 Å². The molecule has 0 unspecified atom stereocenters. The molecule has 0 aliphatic carbocycles. The summed E-state index contributed by atoms with van der Waals surface area (Å²) in [6.07, 6.45) is -3.08. The normalized spacial score (nSPS) is 12.1. The third kappa shape index (κ3) is 1.95. The van der Waals surface area contributed by atoms with E-state index in [1.54, 1.807) is 6.92 Å². The predicted molar refractivity (Wildman–Crippen MR) is 54.3 cm³/mol. The number of aromatic nitrogens is 2. The zero-order valence-electron chi connectivity index (χ0n) is 8.14. The zero-order chi connectivity index (χ0) is 11.9. The van der Waals surface area contributed by atoms with Crippen molar-refractivity contribution < 1.29 is 13.2 Å². The van der Waals surface area contributed by atoms with Crippen molar-refractivity contribution in [3.8, 4) is 0 Å². The molecule has 0 aliphatic heterocycles. The van der Waals surface area contributed by atoms with Crippen molar-refractivity contribution in [3.05, 3.63) is 34.7 Å². The van der Waals surface area contributed by atoms with Crippen LogP contribution in [0.3, 0.4) is 0 Å². The highest BCUT2D eigenvalue weighted by Gasteiger charge is 2.31. The van der Waals surface area contributed by atoms with E-state index in [4.69, 9.17) is 11.6 Å². The lowest BCUT2D eigenvalue weighted by atomic mass is 10.1. The summed E-state index contributed by atoms with van der Waals surface area (Å²) in [6.45, 7) is 1.56. The van der Waals surface area contributed by atoms with Crippen molar-refractivity contribution in [1.82, 2.24) is 9.97 Å². The summed E-state index contributed by atoms with van der Waals surface area (Å²) in [5.41, 5.74) is 0.158. The van der Waals surface area contributed by atoms with Crippen LogP contribution < -0.4 is 0 Å². The first-order chi connectivity index (χ1) is 7.38. The number of hydrogen-bond acceptors (Lipinski definition) is 2. The van der Waals surface area contributed by atoms with Crippen LogP contribution >= 0.6 is 11.6 Å². The Morgan fingerprint density at radius 2 is 1.94 bits per heavy atom. The Balaban J connectivity index is 2.74. The molecule has 2 aromatic rings. The summed E-state index contributed by atoms with van der Waals surface area (Å²) < 4.78 is 37.5. The van der Waals surface area contributed by atoms with Gasteiger partial charge in [0.15, 0.2) is 0 Å². The Morgan fingerprint density at radius 3 is 2.56 bits per heavy atom. The molecule has 6 heteroatoms. The molecule has 84 valence electrons. The van der Waals surface area contributed by atoms with E-state index >= 15 is 0 Å². The fourth-order valence-corrected chi connectivity index (χ4v) is 1.60. The maximum atomic E-state index is 12.5. The lowest BCUT2D eigenvalue weighted by Crippen LogP contribution is -2.05. The van der Waals surface area contributed by atoms with Crippen LogP contribution in [-0.2, 0) is 6.18 Å². The second-order valence-corrected chi connectivity index (χ2v) is 3.71. The number of alkyl halides is 3. The van der Waals surface area contributed by atoms with Gasteiger partial charge in [-0.3, -0.25) is 0 Å². The summed E-state index contributed by atoms with van der Waals surface area (Å²) in [5.74, 6) is 0. The van der Waals surface area contributed by atoms with E-state index < -0.39 is 11.7 Å². The highest BCUT2D eigenvalue weighted by molar-refractivity contribution is 6.28. The van der Waals surface area contributed by atoms with Gasteiger partial charge in [-0.1, -0.05) is 0 Å². The number of nitrogens with zero attached hydrogens (tertiary/aromatic N) is 2. The summed E-state index contributed by atoms with van der Waals surface area (Å²) in [5, 5.41) is 0.354. The van der Waals surface area contributed by atoms with Crippen molar-refractivity contribution in [2.75, 3.05) is 0 Å². The van der Waals surface area contributed by atoms with Gasteiger partial charge in [-0.25, -0.2) is 9.97 Å². The molecular weight excluding hydrogens is 241 g/mol. The molecule has 0 amide bonds. The van der Waals surface area contributed by atoms with Gasteiger partial charge < -0.3 is 0 Å². The lowest BCUT2D eigenvalue weighted by molar-refractivity contribution is -0.137. The Bertz CT molecular complexity index is 551. The standard InChI is InChI=1S/C10H6ClF3N2/c1-5-2-7(10(12,13)14)3-6-4-15-9(11)16-8(5)6/h2-4H,1H3. The van der Waals surface area contributed by atoms with Crippen LogP contribution in [0, 0.1) is 6.92 Å². The van der Waals surface area contributed by atoms with Crippen LogP contribution in [0.2, 0.25) is 5.28 Å². The van der Waals surface area contributed by atoms with Crippen LogP contribution in [0.5, 0.6) is 0 Å². The van der Waals surface area contributed by atoms with Gasteiger partial charge in [0.25, 0.3) is 0 Å². The fourth-order valence-electron chi connectivity index (χ4n) is 1.47. The van der Waals surface area contributed by atoms with Crippen molar-refractivity contribution in [1.29, 1.82) is 0 Å². The molecular formula is C10H6ClF3N2. The minimum atomic E-state index is -4.36. The third-order valence-electron chi connectivity index (χ3n) is 2.17. The average molecular weight is 247 g/mol. The topological polar surface area (TPSA) is 25.8 Å². The van der Waals surface area contributed by atoms with Gasteiger partial charge in [-0.15, -0.1) is 0 Å². The highest BCUT2D eigenvalue weighted by atomic mass is 35.5. The molecule has 0 bridgehead atoms. The Hall–Kier alpha value is -1.36. The van der Waals surface area contributed by atoms with Gasteiger partial charge in [0.1, 0.15) is 0 Å². The molecule has 1 aromatic carbocycles. The van der Waals surface area contributed by atoms with E-state index in [0.29, 0.717) is 16.5 Å². The van der Waals surface area contributed by atoms with E-state index in [-0.39, 0.29) is 5.28 Å². The molecule has 0 saturated carbocycles. The van der Waals surface area contributed by atoms with Gasteiger partial charge in [0.2, 0.25) is 5.28 Å². The van der Waals surface area contributed by atoms with Crippen molar-refractivity contribution >= 4 is 22.5 Å². The second kappa shape index (κ2) is 3.59. The first kappa shape index (κ1) is 11.1. The minimum absolute atomic E-state index is 0.0235. The molecule has 0 fully saturated rings. The number of hydrogen-bond donors (Lipinski definition) is 0. The first-order valence-corrected chi connectivity index (χ1v) is 4.76. The zero-order valence-corrected chi connectivity index (χ0v) is 8.89. The maximum absolute atomic E-state index is 12.5. The number of benzene rings is 1. The fraction of sp³-hybridized carbons (Fsp3) is 0.200. The monoisotopic (exact) mass is 246 g/mol. The molecule has 0 aliphatic rings. The molecule has 0 saturated heterocycles. The molecule has 2 rings (SSSR count). The van der Waals surface area contributed by atoms with Crippen LogP contribution in [0.15, 0.2) is 18.3 Å². The summed E-state index contributed by atoms with van der Waals surface area (Å²) in [7, 11) is 0.